The molecular weight excluding hydrogens is 327 g/mol. The lowest BCUT2D eigenvalue weighted by atomic mass is 10.0. The van der Waals surface area contributed by atoms with Crippen LogP contribution in [0.25, 0.3) is 11.1 Å². The van der Waals surface area contributed by atoms with Crippen molar-refractivity contribution in [1.82, 2.24) is 0 Å². The Bertz CT molecular complexity index is 771. The lowest BCUT2D eigenvalue weighted by Gasteiger charge is -2.08. The third kappa shape index (κ3) is 1.51. The van der Waals surface area contributed by atoms with E-state index in [0.717, 1.165) is 0 Å². The van der Waals surface area contributed by atoms with Crippen LogP contribution in [0.3, 0.4) is 0 Å². The van der Waals surface area contributed by atoms with Gasteiger partial charge in [-0.3, -0.25) is 0 Å². The molecule has 0 amide bonds. The zero-order chi connectivity index (χ0) is 16.5. The minimum atomic E-state index is -3.03. The van der Waals surface area contributed by atoms with Gasteiger partial charge >= 0.3 is 0 Å². The van der Waals surface area contributed by atoms with Crippen molar-refractivity contribution < 1.29 is 39.5 Å². The Hall–Kier alpha value is -2.19. The number of hydrogen-bond donors (Lipinski definition) is 0. The highest BCUT2D eigenvalue weighted by Gasteiger charge is 2.44. The zero-order valence-electron chi connectivity index (χ0n) is 9.98. The molecule has 0 bridgehead atoms. The number of hydrogen-bond acceptors (Lipinski definition) is 0. The van der Waals surface area contributed by atoms with Crippen LogP contribution in [0, 0.1) is 46.5 Å². The highest BCUT2D eigenvalue weighted by atomic mass is 19.2. The van der Waals surface area contributed by atoms with E-state index < -0.39 is 75.0 Å². The van der Waals surface area contributed by atoms with Gasteiger partial charge in [-0.2, -0.15) is 0 Å². The molecule has 1 aliphatic rings. The molecular formula is C13HF9. The van der Waals surface area contributed by atoms with Gasteiger partial charge in [0.25, 0.3) is 0 Å². The fraction of sp³-hybridized carbons (Fsp3) is 0.0769. The Balaban J connectivity index is 2.56. The summed E-state index contributed by atoms with van der Waals surface area (Å²) in [4.78, 5) is 0. The summed E-state index contributed by atoms with van der Waals surface area (Å²) in [6.45, 7) is 0. The standard InChI is InChI=1S/C13HF9/c14-5-3-1(6(15)10(19)12(21)8(3)17)2-4(5)9(18)13(22)11(20)7(2)16/h5H. The van der Waals surface area contributed by atoms with Gasteiger partial charge in [0.2, 0.25) is 0 Å². The van der Waals surface area contributed by atoms with Crippen LogP contribution < -0.4 is 0 Å². The topological polar surface area (TPSA) is 0 Å². The third-order valence-electron chi connectivity index (χ3n) is 3.36. The maximum atomic E-state index is 14.0. The Morgan fingerprint density at radius 1 is 0.409 bits per heavy atom. The summed E-state index contributed by atoms with van der Waals surface area (Å²) in [5, 5.41) is 0. The Labute approximate surface area is 115 Å². The highest BCUT2D eigenvalue weighted by Crippen LogP contribution is 2.51. The molecule has 2 aromatic rings. The second-order valence-electron chi connectivity index (χ2n) is 4.45. The second kappa shape index (κ2) is 4.40. The highest BCUT2D eigenvalue weighted by molar-refractivity contribution is 5.80. The minimum absolute atomic E-state index is 1.52. The van der Waals surface area contributed by atoms with Gasteiger partial charge in [-0.15, -0.1) is 0 Å². The molecule has 0 heterocycles. The van der Waals surface area contributed by atoms with Crippen LogP contribution in [0.2, 0.25) is 0 Å². The predicted molar refractivity (Wildman–Crippen MR) is 54.5 cm³/mol. The normalized spacial score (nSPS) is 13.5. The van der Waals surface area contributed by atoms with Gasteiger partial charge < -0.3 is 0 Å². The fourth-order valence-electron chi connectivity index (χ4n) is 2.41. The summed E-state index contributed by atoms with van der Waals surface area (Å²) in [7, 11) is 0. The van der Waals surface area contributed by atoms with E-state index in [0.29, 0.717) is 0 Å². The number of fused-ring (bicyclic) bond motifs is 3. The first-order chi connectivity index (χ1) is 10.2. The van der Waals surface area contributed by atoms with Crippen LogP contribution in [-0.2, 0) is 0 Å². The average Bonchev–Trinajstić information content (AvgIpc) is 2.80. The molecule has 0 aromatic heterocycles. The molecule has 0 nitrogen and oxygen atoms in total. The zero-order valence-corrected chi connectivity index (χ0v) is 9.98. The van der Waals surface area contributed by atoms with Crippen molar-refractivity contribution >= 4 is 0 Å². The van der Waals surface area contributed by atoms with Gasteiger partial charge in [0, 0.05) is 22.3 Å². The predicted octanol–water partition coefficient (Wildman–Crippen LogP) is 4.84. The molecule has 0 spiro atoms. The largest absolute Gasteiger partial charge is 0.237 e. The van der Waals surface area contributed by atoms with E-state index >= 15 is 0 Å². The first-order valence-electron chi connectivity index (χ1n) is 5.56. The number of alkyl halides is 1. The molecule has 0 saturated carbocycles. The third-order valence-corrected chi connectivity index (χ3v) is 3.36. The van der Waals surface area contributed by atoms with Crippen LogP contribution in [-0.4, -0.2) is 0 Å². The molecule has 1 aliphatic carbocycles. The van der Waals surface area contributed by atoms with Crippen molar-refractivity contribution in [3.63, 3.8) is 0 Å². The summed E-state index contributed by atoms with van der Waals surface area (Å²) >= 11 is 0. The molecule has 2 aromatic carbocycles. The van der Waals surface area contributed by atoms with Crippen LogP contribution >= 0.6 is 0 Å². The lowest BCUT2D eigenvalue weighted by molar-refractivity contribution is 0.349. The quantitative estimate of drug-likeness (QED) is 0.369. The van der Waals surface area contributed by atoms with Crippen molar-refractivity contribution in [2.24, 2.45) is 0 Å². The number of rotatable bonds is 0. The van der Waals surface area contributed by atoms with E-state index in [1.54, 1.807) is 0 Å². The van der Waals surface area contributed by atoms with Crippen molar-refractivity contribution in [3.05, 3.63) is 57.7 Å². The SMILES string of the molecule is Fc1c(F)c(F)c2c(c1F)-c1c(F)c(F)c(F)c(F)c1C2F. The summed E-state index contributed by atoms with van der Waals surface area (Å²) in [5.41, 5.74) is -6.16. The van der Waals surface area contributed by atoms with E-state index in [2.05, 4.69) is 0 Å². The number of halogens is 9. The van der Waals surface area contributed by atoms with E-state index in [-0.39, 0.29) is 0 Å². The first kappa shape index (κ1) is 14.7. The smallest absolute Gasteiger partial charge is 0.198 e. The van der Waals surface area contributed by atoms with Crippen molar-refractivity contribution in [2.45, 2.75) is 6.17 Å². The molecule has 0 saturated heterocycles. The first-order valence-corrected chi connectivity index (χ1v) is 5.56. The maximum absolute atomic E-state index is 14.0. The van der Waals surface area contributed by atoms with Gasteiger partial charge in [0.15, 0.2) is 52.7 Å². The van der Waals surface area contributed by atoms with E-state index in [9.17, 15) is 39.5 Å². The van der Waals surface area contributed by atoms with Crippen molar-refractivity contribution in [1.29, 1.82) is 0 Å². The van der Waals surface area contributed by atoms with Gasteiger partial charge in [-0.1, -0.05) is 0 Å². The minimum Gasteiger partial charge on any atom is -0.237 e. The molecule has 22 heavy (non-hydrogen) atoms. The molecule has 0 atom stereocenters. The molecule has 0 aliphatic heterocycles. The van der Waals surface area contributed by atoms with Crippen LogP contribution in [0.15, 0.2) is 0 Å². The second-order valence-corrected chi connectivity index (χ2v) is 4.45. The van der Waals surface area contributed by atoms with Crippen molar-refractivity contribution in [3.8, 4) is 11.1 Å². The molecule has 0 unspecified atom stereocenters. The summed E-state index contributed by atoms with van der Waals surface area (Å²) < 4.78 is 121. The molecule has 3 rings (SSSR count). The maximum Gasteiger partial charge on any atom is 0.198 e. The van der Waals surface area contributed by atoms with Crippen molar-refractivity contribution in [2.75, 3.05) is 0 Å². The van der Waals surface area contributed by atoms with E-state index in [4.69, 9.17) is 0 Å². The Kier molecular flexibility index (Phi) is 2.95. The van der Waals surface area contributed by atoms with E-state index in [1.807, 2.05) is 0 Å². The number of benzene rings is 2. The van der Waals surface area contributed by atoms with Gasteiger partial charge in [0.1, 0.15) is 0 Å². The van der Waals surface area contributed by atoms with Gasteiger partial charge in [-0.25, -0.2) is 39.5 Å². The average molecular weight is 328 g/mol. The monoisotopic (exact) mass is 328 g/mol. The van der Waals surface area contributed by atoms with Crippen LogP contribution in [0.4, 0.5) is 39.5 Å². The Morgan fingerprint density at radius 3 is 1.00 bits per heavy atom. The van der Waals surface area contributed by atoms with Crippen LogP contribution in [0.1, 0.15) is 17.3 Å². The molecule has 116 valence electrons. The fourth-order valence-corrected chi connectivity index (χ4v) is 2.41. The summed E-state index contributed by atoms with van der Waals surface area (Å²) in [5.74, 6) is -18.6. The van der Waals surface area contributed by atoms with Crippen LogP contribution in [0.5, 0.6) is 0 Å². The van der Waals surface area contributed by atoms with E-state index in [1.165, 1.54) is 0 Å². The lowest BCUT2D eigenvalue weighted by Crippen LogP contribution is -2.03. The van der Waals surface area contributed by atoms with Gasteiger partial charge in [-0.05, 0) is 0 Å². The Morgan fingerprint density at radius 2 is 0.682 bits per heavy atom. The molecule has 0 N–H and O–H groups in total. The molecule has 0 radical (unpaired) electrons. The van der Waals surface area contributed by atoms with Gasteiger partial charge in [0.05, 0.1) is 0 Å². The summed E-state index contributed by atoms with van der Waals surface area (Å²) in [6.07, 6.45) is -3.03. The molecule has 9 heteroatoms. The molecule has 0 fully saturated rings. The summed E-state index contributed by atoms with van der Waals surface area (Å²) in [6, 6.07) is 0.